The molecule has 2 heteroatoms. The Hall–Kier alpha value is -1.28. The van der Waals surface area contributed by atoms with Crippen LogP contribution in [0.1, 0.15) is 11.7 Å². The Balaban J connectivity index is 2.32. The molecular weight excluding hydrogens is 184 g/mol. The van der Waals surface area contributed by atoms with Crippen molar-refractivity contribution in [3.63, 3.8) is 0 Å². The van der Waals surface area contributed by atoms with Crippen molar-refractivity contribution in [1.82, 2.24) is 9.47 Å². The van der Waals surface area contributed by atoms with Gasteiger partial charge in [-0.15, -0.1) is 0 Å². The zero-order chi connectivity index (χ0) is 10.8. The minimum Gasteiger partial charge on any atom is -0.353 e. The Morgan fingerprint density at radius 1 is 1.27 bits per heavy atom. The number of hydrogen-bond acceptors (Lipinski definition) is 1. The molecule has 2 nitrogen and oxygen atoms in total. The second-order valence-corrected chi connectivity index (χ2v) is 4.30. The van der Waals surface area contributed by atoms with E-state index < -0.39 is 0 Å². The van der Waals surface area contributed by atoms with Gasteiger partial charge >= 0.3 is 0 Å². The monoisotopic (exact) mass is 202 g/mol. The number of aromatic nitrogens is 1. The molecule has 0 fully saturated rings. The average molecular weight is 202 g/mol. The molecule has 1 atom stereocenters. The lowest BCUT2D eigenvalue weighted by Gasteiger charge is -2.28. The van der Waals surface area contributed by atoms with Crippen molar-refractivity contribution in [3.05, 3.63) is 48.3 Å². The molecule has 80 valence electrons. The zero-order valence-electron chi connectivity index (χ0n) is 9.59. The van der Waals surface area contributed by atoms with Crippen LogP contribution in [0.25, 0.3) is 0 Å². The standard InChI is InChI=1S/C13H18N2/c1-14(2)13(11-7-4-5-8-11)12-9-6-10-15(12)3/h4-11,13H,1-3H3. The Morgan fingerprint density at radius 3 is 2.40 bits per heavy atom. The first kappa shape index (κ1) is 10.2. The fraction of sp³-hybridized carbons (Fsp3) is 0.385. The third-order valence-electron chi connectivity index (χ3n) is 2.99. The molecule has 2 rings (SSSR count). The van der Waals surface area contributed by atoms with E-state index in [2.05, 4.69) is 73.2 Å². The maximum Gasteiger partial charge on any atom is 0.0593 e. The summed E-state index contributed by atoms with van der Waals surface area (Å²) in [7, 11) is 6.38. The van der Waals surface area contributed by atoms with Crippen molar-refractivity contribution in [3.8, 4) is 0 Å². The van der Waals surface area contributed by atoms with Crippen LogP contribution in [0.5, 0.6) is 0 Å². The lowest BCUT2D eigenvalue weighted by molar-refractivity contribution is 0.257. The summed E-state index contributed by atoms with van der Waals surface area (Å²) < 4.78 is 2.20. The molecule has 1 aromatic heterocycles. The van der Waals surface area contributed by atoms with Crippen LogP contribution in [0.15, 0.2) is 42.6 Å². The third-order valence-corrected chi connectivity index (χ3v) is 2.99. The van der Waals surface area contributed by atoms with Gasteiger partial charge < -0.3 is 9.47 Å². The smallest absolute Gasteiger partial charge is 0.0593 e. The van der Waals surface area contributed by atoms with Gasteiger partial charge in [-0.25, -0.2) is 0 Å². The topological polar surface area (TPSA) is 8.17 Å². The summed E-state index contributed by atoms with van der Waals surface area (Å²) in [5.74, 6) is 0.494. The van der Waals surface area contributed by atoms with Crippen molar-refractivity contribution >= 4 is 0 Å². The quantitative estimate of drug-likeness (QED) is 0.730. The van der Waals surface area contributed by atoms with Gasteiger partial charge in [0, 0.05) is 24.9 Å². The van der Waals surface area contributed by atoms with E-state index in [4.69, 9.17) is 0 Å². The lowest BCUT2D eigenvalue weighted by atomic mass is 9.97. The first-order valence-corrected chi connectivity index (χ1v) is 5.33. The molecule has 0 saturated carbocycles. The van der Waals surface area contributed by atoms with Gasteiger partial charge in [-0.1, -0.05) is 24.3 Å². The minimum absolute atomic E-state index is 0.431. The number of rotatable bonds is 3. The highest BCUT2D eigenvalue weighted by Gasteiger charge is 2.24. The molecule has 1 unspecified atom stereocenters. The first-order chi connectivity index (χ1) is 7.20. The molecule has 1 aliphatic rings. The maximum absolute atomic E-state index is 2.28. The second-order valence-electron chi connectivity index (χ2n) is 4.30. The number of nitrogens with zero attached hydrogens (tertiary/aromatic N) is 2. The van der Waals surface area contributed by atoms with Gasteiger partial charge in [0.15, 0.2) is 0 Å². The summed E-state index contributed by atoms with van der Waals surface area (Å²) in [6, 6.07) is 4.74. The highest BCUT2D eigenvalue weighted by Crippen LogP contribution is 2.30. The summed E-state index contributed by atoms with van der Waals surface area (Å²) in [6.07, 6.45) is 10.9. The van der Waals surface area contributed by atoms with Crippen LogP contribution in [0.2, 0.25) is 0 Å². The molecule has 0 aliphatic heterocycles. The average Bonchev–Trinajstić information content (AvgIpc) is 2.79. The molecule has 15 heavy (non-hydrogen) atoms. The highest BCUT2D eigenvalue weighted by molar-refractivity contribution is 5.25. The van der Waals surface area contributed by atoms with E-state index >= 15 is 0 Å². The summed E-state index contributed by atoms with van der Waals surface area (Å²) >= 11 is 0. The SMILES string of the molecule is CN(C)C(c1cccn1C)C1C=CC=C1. The number of hydrogen-bond donors (Lipinski definition) is 0. The van der Waals surface area contributed by atoms with Crippen LogP contribution in [0.3, 0.4) is 0 Å². The fourth-order valence-corrected chi connectivity index (χ4v) is 2.25. The Kier molecular flexibility index (Phi) is 2.78. The van der Waals surface area contributed by atoms with E-state index in [9.17, 15) is 0 Å². The molecule has 0 spiro atoms. The van der Waals surface area contributed by atoms with Crippen LogP contribution >= 0.6 is 0 Å². The summed E-state index contributed by atoms with van der Waals surface area (Å²) in [6.45, 7) is 0. The van der Waals surface area contributed by atoms with Crippen LogP contribution in [-0.4, -0.2) is 23.6 Å². The predicted octanol–water partition coefficient (Wildman–Crippen LogP) is 2.37. The Labute approximate surface area is 91.5 Å². The fourth-order valence-electron chi connectivity index (χ4n) is 2.25. The molecular formula is C13H18N2. The lowest BCUT2D eigenvalue weighted by Crippen LogP contribution is -2.26. The van der Waals surface area contributed by atoms with E-state index in [0.717, 1.165) is 0 Å². The molecule has 1 aliphatic carbocycles. The Morgan fingerprint density at radius 2 is 1.93 bits per heavy atom. The third kappa shape index (κ3) is 1.90. The van der Waals surface area contributed by atoms with Gasteiger partial charge in [0.05, 0.1) is 6.04 Å². The van der Waals surface area contributed by atoms with Crippen molar-refractivity contribution in [2.24, 2.45) is 13.0 Å². The summed E-state index contributed by atoms with van der Waals surface area (Å²) in [4.78, 5) is 2.28. The Bertz CT molecular complexity index is 373. The van der Waals surface area contributed by atoms with Gasteiger partial charge in [0.25, 0.3) is 0 Å². The van der Waals surface area contributed by atoms with Crippen LogP contribution in [-0.2, 0) is 7.05 Å². The van der Waals surface area contributed by atoms with Crippen molar-refractivity contribution in [2.75, 3.05) is 14.1 Å². The molecule has 0 radical (unpaired) electrons. The molecule has 0 N–H and O–H groups in total. The van der Waals surface area contributed by atoms with Gasteiger partial charge in [-0.05, 0) is 26.2 Å². The molecule has 0 amide bonds. The van der Waals surface area contributed by atoms with Gasteiger partial charge in [0.2, 0.25) is 0 Å². The van der Waals surface area contributed by atoms with Gasteiger partial charge in [-0.3, -0.25) is 0 Å². The van der Waals surface area contributed by atoms with Gasteiger partial charge in [-0.2, -0.15) is 0 Å². The maximum atomic E-state index is 2.28. The minimum atomic E-state index is 0.431. The number of aryl methyl sites for hydroxylation is 1. The first-order valence-electron chi connectivity index (χ1n) is 5.33. The van der Waals surface area contributed by atoms with Crippen molar-refractivity contribution < 1.29 is 0 Å². The van der Waals surface area contributed by atoms with E-state index in [-0.39, 0.29) is 0 Å². The summed E-state index contributed by atoms with van der Waals surface area (Å²) in [5.41, 5.74) is 1.36. The molecule has 1 heterocycles. The van der Waals surface area contributed by atoms with Gasteiger partial charge in [0.1, 0.15) is 0 Å². The summed E-state index contributed by atoms with van der Waals surface area (Å²) in [5, 5.41) is 0. The highest BCUT2D eigenvalue weighted by atomic mass is 15.1. The largest absolute Gasteiger partial charge is 0.353 e. The molecule has 0 saturated heterocycles. The van der Waals surface area contributed by atoms with E-state index in [1.807, 2.05) is 0 Å². The molecule has 0 bridgehead atoms. The van der Waals surface area contributed by atoms with Crippen LogP contribution in [0.4, 0.5) is 0 Å². The van der Waals surface area contributed by atoms with Crippen LogP contribution < -0.4 is 0 Å². The molecule has 0 aromatic carbocycles. The van der Waals surface area contributed by atoms with Crippen LogP contribution in [0, 0.1) is 5.92 Å². The van der Waals surface area contributed by atoms with E-state index in [1.165, 1.54) is 5.69 Å². The van der Waals surface area contributed by atoms with Crippen molar-refractivity contribution in [2.45, 2.75) is 6.04 Å². The molecule has 1 aromatic rings. The predicted molar refractivity (Wildman–Crippen MR) is 63.6 cm³/mol. The normalized spacial score (nSPS) is 17.9. The van der Waals surface area contributed by atoms with E-state index in [1.54, 1.807) is 0 Å². The number of allylic oxidation sites excluding steroid dienone is 2. The second kappa shape index (κ2) is 4.07. The van der Waals surface area contributed by atoms with Crippen molar-refractivity contribution in [1.29, 1.82) is 0 Å². The zero-order valence-corrected chi connectivity index (χ0v) is 9.59. The van der Waals surface area contributed by atoms with E-state index in [0.29, 0.717) is 12.0 Å².